The molecular weight excluding hydrogens is 240 g/mol. The van der Waals surface area contributed by atoms with Gasteiger partial charge < -0.3 is 10.5 Å². The number of benzene rings is 1. The summed E-state index contributed by atoms with van der Waals surface area (Å²) in [5.74, 6) is 1.67. The molecule has 1 aliphatic heterocycles. The van der Waals surface area contributed by atoms with Crippen molar-refractivity contribution >= 4 is 0 Å². The Balaban J connectivity index is 1.89. The second kappa shape index (κ2) is 5.32. The van der Waals surface area contributed by atoms with Gasteiger partial charge in [-0.2, -0.15) is 0 Å². The van der Waals surface area contributed by atoms with Gasteiger partial charge in [0.25, 0.3) is 0 Å². The molecule has 1 aromatic carbocycles. The van der Waals surface area contributed by atoms with Gasteiger partial charge in [0.05, 0.1) is 12.8 Å². The first-order valence-electron chi connectivity index (χ1n) is 6.51. The van der Waals surface area contributed by atoms with Crippen LogP contribution < -0.4 is 10.5 Å². The van der Waals surface area contributed by atoms with E-state index in [4.69, 9.17) is 10.5 Å². The van der Waals surface area contributed by atoms with Crippen molar-refractivity contribution in [3.8, 4) is 17.0 Å². The van der Waals surface area contributed by atoms with E-state index in [1.54, 1.807) is 6.20 Å². The molecule has 0 saturated heterocycles. The highest BCUT2D eigenvalue weighted by molar-refractivity contribution is 5.61. The van der Waals surface area contributed by atoms with Gasteiger partial charge in [-0.05, 0) is 43.1 Å². The van der Waals surface area contributed by atoms with E-state index in [-0.39, 0.29) is 0 Å². The van der Waals surface area contributed by atoms with Crippen LogP contribution in [0.3, 0.4) is 0 Å². The van der Waals surface area contributed by atoms with Crippen LogP contribution in [-0.4, -0.2) is 28.3 Å². The second-order valence-corrected chi connectivity index (χ2v) is 4.57. The smallest absolute Gasteiger partial charge is 0.152 e. The number of rotatable bonds is 3. The Morgan fingerprint density at radius 1 is 1.26 bits per heavy atom. The van der Waals surface area contributed by atoms with Gasteiger partial charge in [0.2, 0.25) is 0 Å². The summed E-state index contributed by atoms with van der Waals surface area (Å²) in [6.07, 6.45) is 4.53. The molecule has 0 radical (unpaired) electrons. The fourth-order valence-electron chi connectivity index (χ4n) is 2.19. The Bertz CT molecular complexity index is 568. The lowest BCUT2D eigenvalue weighted by atomic mass is 10.0. The lowest BCUT2D eigenvalue weighted by Crippen LogP contribution is -2.09. The quantitative estimate of drug-likeness (QED) is 0.897. The van der Waals surface area contributed by atoms with Crippen molar-refractivity contribution in [1.82, 2.24) is 15.2 Å². The molecule has 0 atom stereocenters. The van der Waals surface area contributed by atoms with Gasteiger partial charge in [-0.1, -0.05) is 0 Å². The molecule has 0 fully saturated rings. The number of nitrogens with zero attached hydrogens (tertiary/aromatic N) is 3. The van der Waals surface area contributed by atoms with E-state index in [1.807, 2.05) is 12.1 Å². The van der Waals surface area contributed by atoms with E-state index < -0.39 is 0 Å². The van der Waals surface area contributed by atoms with Gasteiger partial charge in [0.15, 0.2) is 5.82 Å². The fraction of sp³-hybridized carbons (Fsp3) is 0.357. The summed E-state index contributed by atoms with van der Waals surface area (Å²) in [6.45, 7) is 1.35. The Hall–Kier alpha value is -2.01. The van der Waals surface area contributed by atoms with Gasteiger partial charge in [0.1, 0.15) is 11.4 Å². The third-order valence-corrected chi connectivity index (χ3v) is 3.18. The number of hydrogen-bond donors (Lipinski definition) is 1. The van der Waals surface area contributed by atoms with Gasteiger partial charge in [-0.15, -0.1) is 10.2 Å². The summed E-state index contributed by atoms with van der Waals surface area (Å²) in [6, 6.07) is 6.11. The van der Waals surface area contributed by atoms with Crippen molar-refractivity contribution in [2.24, 2.45) is 5.73 Å². The molecule has 5 heteroatoms. The Morgan fingerprint density at radius 2 is 2.21 bits per heavy atom. The molecule has 2 heterocycles. The van der Waals surface area contributed by atoms with E-state index >= 15 is 0 Å². The molecule has 0 aliphatic carbocycles. The first-order chi connectivity index (χ1) is 9.36. The van der Waals surface area contributed by atoms with Crippen molar-refractivity contribution in [3.05, 3.63) is 35.8 Å². The third kappa shape index (κ3) is 2.56. The lowest BCUT2D eigenvalue weighted by molar-refractivity contribution is 0.288. The van der Waals surface area contributed by atoms with Crippen LogP contribution >= 0.6 is 0 Å². The average Bonchev–Trinajstić information content (AvgIpc) is 2.48. The number of nitrogens with two attached hydrogens (primary N) is 1. The summed E-state index contributed by atoms with van der Waals surface area (Å²) in [5.41, 5.74) is 8.51. The molecular formula is C14H16N4O. The van der Waals surface area contributed by atoms with E-state index in [9.17, 15) is 0 Å². The normalized spacial score (nSPS) is 13.7. The van der Waals surface area contributed by atoms with Gasteiger partial charge in [-0.25, -0.2) is 4.98 Å². The van der Waals surface area contributed by atoms with Crippen LogP contribution in [0.2, 0.25) is 0 Å². The van der Waals surface area contributed by atoms with Crippen molar-refractivity contribution in [1.29, 1.82) is 0 Å². The van der Waals surface area contributed by atoms with Gasteiger partial charge in [0, 0.05) is 12.0 Å². The van der Waals surface area contributed by atoms with Crippen LogP contribution in [0.4, 0.5) is 0 Å². The highest BCUT2D eigenvalue weighted by Gasteiger charge is 2.12. The molecule has 0 unspecified atom stereocenters. The molecule has 0 spiro atoms. The topological polar surface area (TPSA) is 73.9 Å². The number of ether oxygens (including phenoxy) is 1. The van der Waals surface area contributed by atoms with Gasteiger partial charge >= 0.3 is 0 Å². The minimum atomic E-state index is 0.539. The highest BCUT2D eigenvalue weighted by Crippen LogP contribution is 2.28. The molecule has 0 saturated carbocycles. The van der Waals surface area contributed by atoms with Crippen LogP contribution in [0.5, 0.6) is 5.75 Å². The maximum atomic E-state index is 5.60. The summed E-state index contributed by atoms with van der Waals surface area (Å²) >= 11 is 0. The Kier molecular flexibility index (Phi) is 3.37. The summed E-state index contributed by atoms with van der Waals surface area (Å²) in [7, 11) is 0. The molecule has 0 amide bonds. The molecule has 5 nitrogen and oxygen atoms in total. The molecule has 1 aromatic heterocycles. The number of aryl methyl sites for hydroxylation is 1. The zero-order chi connectivity index (χ0) is 13.1. The minimum absolute atomic E-state index is 0.539. The molecule has 19 heavy (non-hydrogen) atoms. The van der Waals surface area contributed by atoms with E-state index in [2.05, 4.69) is 21.2 Å². The zero-order valence-electron chi connectivity index (χ0n) is 10.7. The minimum Gasteiger partial charge on any atom is -0.493 e. The van der Waals surface area contributed by atoms with Crippen LogP contribution in [-0.2, 0) is 12.8 Å². The SMILES string of the molecule is NCCc1ncc(-c2ccc3c(c2)CCCO3)nn1. The fourth-order valence-corrected chi connectivity index (χ4v) is 2.19. The number of fused-ring (bicyclic) bond motifs is 1. The summed E-state index contributed by atoms with van der Waals surface area (Å²) in [5, 5.41) is 8.29. The lowest BCUT2D eigenvalue weighted by Gasteiger charge is -2.17. The predicted molar refractivity (Wildman–Crippen MR) is 71.8 cm³/mol. The standard InChI is InChI=1S/C14H16N4O/c15-6-5-14-16-9-12(17-18-14)10-3-4-13-11(8-10)2-1-7-19-13/h3-4,8-9H,1-2,5-7,15H2. The first-order valence-corrected chi connectivity index (χ1v) is 6.51. The van der Waals surface area contributed by atoms with Crippen LogP contribution in [0.25, 0.3) is 11.3 Å². The molecule has 2 aromatic rings. The molecule has 0 bridgehead atoms. The third-order valence-electron chi connectivity index (χ3n) is 3.18. The van der Waals surface area contributed by atoms with Crippen molar-refractivity contribution in [2.75, 3.05) is 13.2 Å². The van der Waals surface area contributed by atoms with Crippen molar-refractivity contribution in [2.45, 2.75) is 19.3 Å². The average molecular weight is 256 g/mol. The maximum absolute atomic E-state index is 5.60. The molecule has 2 N–H and O–H groups in total. The van der Waals surface area contributed by atoms with Crippen molar-refractivity contribution < 1.29 is 4.74 Å². The highest BCUT2D eigenvalue weighted by atomic mass is 16.5. The molecule has 98 valence electrons. The summed E-state index contributed by atoms with van der Waals surface area (Å²) < 4.78 is 5.60. The van der Waals surface area contributed by atoms with Crippen LogP contribution in [0.1, 0.15) is 17.8 Å². The van der Waals surface area contributed by atoms with Gasteiger partial charge in [-0.3, -0.25) is 0 Å². The molecule has 3 rings (SSSR count). The zero-order valence-corrected chi connectivity index (χ0v) is 10.7. The van der Waals surface area contributed by atoms with E-state index in [0.29, 0.717) is 18.8 Å². The number of hydrogen-bond acceptors (Lipinski definition) is 5. The Labute approximate surface area is 111 Å². The molecule has 1 aliphatic rings. The monoisotopic (exact) mass is 256 g/mol. The maximum Gasteiger partial charge on any atom is 0.152 e. The first kappa shape index (κ1) is 12.0. The Morgan fingerprint density at radius 3 is 3.00 bits per heavy atom. The van der Waals surface area contributed by atoms with Crippen LogP contribution in [0.15, 0.2) is 24.4 Å². The largest absolute Gasteiger partial charge is 0.493 e. The van der Waals surface area contributed by atoms with Crippen LogP contribution in [0, 0.1) is 0 Å². The van der Waals surface area contributed by atoms with E-state index in [1.165, 1.54) is 5.56 Å². The number of aromatic nitrogens is 3. The second-order valence-electron chi connectivity index (χ2n) is 4.57. The predicted octanol–water partition coefficient (Wildman–Crippen LogP) is 1.36. The summed E-state index contributed by atoms with van der Waals surface area (Å²) in [4.78, 5) is 4.27. The van der Waals surface area contributed by atoms with E-state index in [0.717, 1.165) is 36.5 Å². The van der Waals surface area contributed by atoms with Crippen molar-refractivity contribution in [3.63, 3.8) is 0 Å².